The van der Waals surface area contributed by atoms with Crippen LogP contribution in [0.2, 0.25) is 0 Å². The van der Waals surface area contributed by atoms with Crippen molar-refractivity contribution >= 4 is 23.1 Å². The summed E-state index contributed by atoms with van der Waals surface area (Å²) in [6.45, 7) is 6.12. The number of rotatable bonds is 5. The van der Waals surface area contributed by atoms with Crippen molar-refractivity contribution in [2.75, 3.05) is 0 Å². The maximum absolute atomic E-state index is 5.34. The third kappa shape index (κ3) is 2.93. The first-order valence-electron chi connectivity index (χ1n) is 6.99. The zero-order valence-electron chi connectivity index (χ0n) is 12.8. The fourth-order valence-electron chi connectivity index (χ4n) is 1.89. The Labute approximate surface area is 137 Å². The Hall–Kier alpha value is -1.67. The lowest BCUT2D eigenvalue weighted by Gasteiger charge is -2.06. The molecule has 22 heavy (non-hydrogen) atoms. The molecule has 0 aliphatic heterocycles. The second-order valence-electron chi connectivity index (χ2n) is 5.25. The van der Waals surface area contributed by atoms with E-state index in [9.17, 15) is 0 Å². The quantitative estimate of drug-likeness (QED) is 0.659. The SMILES string of the molecule is CC(C)c1noc(C(C)Sc2nnc(-c3cccs3)n2C)n1. The highest BCUT2D eigenvalue weighted by Gasteiger charge is 2.20. The molecule has 3 rings (SSSR count). The molecule has 6 nitrogen and oxygen atoms in total. The van der Waals surface area contributed by atoms with Crippen LogP contribution in [-0.4, -0.2) is 24.9 Å². The molecule has 0 saturated heterocycles. The molecule has 1 atom stereocenters. The first kappa shape index (κ1) is 15.2. The predicted molar refractivity (Wildman–Crippen MR) is 87.0 cm³/mol. The van der Waals surface area contributed by atoms with Crippen molar-refractivity contribution in [1.29, 1.82) is 0 Å². The first-order chi connectivity index (χ1) is 10.6. The maximum atomic E-state index is 5.34. The van der Waals surface area contributed by atoms with Crippen LogP contribution in [0, 0.1) is 0 Å². The summed E-state index contributed by atoms with van der Waals surface area (Å²) in [5, 5.41) is 15.4. The number of nitrogens with zero attached hydrogens (tertiary/aromatic N) is 5. The van der Waals surface area contributed by atoms with E-state index in [2.05, 4.69) is 20.3 Å². The highest BCUT2D eigenvalue weighted by molar-refractivity contribution is 7.99. The number of aromatic nitrogens is 5. The van der Waals surface area contributed by atoms with Crippen LogP contribution in [0.3, 0.4) is 0 Å². The van der Waals surface area contributed by atoms with Crippen molar-refractivity contribution in [1.82, 2.24) is 24.9 Å². The summed E-state index contributed by atoms with van der Waals surface area (Å²) in [6, 6.07) is 4.05. The van der Waals surface area contributed by atoms with E-state index in [0.29, 0.717) is 5.89 Å². The summed E-state index contributed by atoms with van der Waals surface area (Å²) in [7, 11) is 1.97. The van der Waals surface area contributed by atoms with Gasteiger partial charge in [0.05, 0.1) is 10.1 Å². The molecule has 0 amide bonds. The molecule has 0 saturated carbocycles. The third-order valence-electron chi connectivity index (χ3n) is 3.18. The van der Waals surface area contributed by atoms with Crippen molar-refractivity contribution in [3.8, 4) is 10.7 Å². The monoisotopic (exact) mass is 335 g/mol. The van der Waals surface area contributed by atoms with Crippen molar-refractivity contribution in [2.24, 2.45) is 7.05 Å². The molecular formula is C14H17N5OS2. The highest BCUT2D eigenvalue weighted by Crippen LogP contribution is 2.35. The largest absolute Gasteiger partial charge is 0.338 e. The standard InChI is InChI=1S/C14H17N5OS2/c1-8(2)11-15-13(20-18-11)9(3)22-14-17-16-12(19(14)4)10-6-5-7-21-10/h5-9H,1-4H3. The minimum absolute atomic E-state index is 0.0269. The van der Waals surface area contributed by atoms with Gasteiger partial charge in [0.1, 0.15) is 0 Å². The minimum Gasteiger partial charge on any atom is -0.338 e. The molecule has 0 N–H and O–H groups in total. The number of thiophene rings is 1. The molecule has 1 unspecified atom stereocenters. The van der Waals surface area contributed by atoms with Crippen LogP contribution in [0.4, 0.5) is 0 Å². The lowest BCUT2D eigenvalue weighted by molar-refractivity contribution is 0.373. The third-order valence-corrected chi connectivity index (χ3v) is 5.17. The zero-order valence-corrected chi connectivity index (χ0v) is 14.5. The van der Waals surface area contributed by atoms with Gasteiger partial charge in [-0.25, -0.2) is 0 Å². The summed E-state index contributed by atoms with van der Waals surface area (Å²) in [5.74, 6) is 2.49. The Bertz CT molecular complexity index is 747. The van der Waals surface area contributed by atoms with Crippen molar-refractivity contribution in [3.05, 3.63) is 29.2 Å². The van der Waals surface area contributed by atoms with Crippen LogP contribution < -0.4 is 0 Å². The van der Waals surface area contributed by atoms with Crippen LogP contribution in [0.15, 0.2) is 27.2 Å². The van der Waals surface area contributed by atoms with Gasteiger partial charge in [-0.1, -0.05) is 36.8 Å². The van der Waals surface area contributed by atoms with Crippen LogP contribution >= 0.6 is 23.1 Å². The Morgan fingerprint density at radius 2 is 2.09 bits per heavy atom. The molecule has 3 aromatic rings. The highest BCUT2D eigenvalue weighted by atomic mass is 32.2. The molecule has 116 valence electrons. The maximum Gasteiger partial charge on any atom is 0.239 e. The summed E-state index contributed by atoms with van der Waals surface area (Å²) < 4.78 is 7.33. The van der Waals surface area contributed by atoms with E-state index in [4.69, 9.17) is 4.52 Å². The summed E-state index contributed by atoms with van der Waals surface area (Å²) in [5.41, 5.74) is 0. The Morgan fingerprint density at radius 1 is 1.27 bits per heavy atom. The molecule has 0 fully saturated rings. The lowest BCUT2D eigenvalue weighted by Crippen LogP contribution is -1.97. The minimum atomic E-state index is 0.0269. The van der Waals surface area contributed by atoms with E-state index >= 15 is 0 Å². The van der Waals surface area contributed by atoms with Gasteiger partial charge < -0.3 is 9.09 Å². The molecular weight excluding hydrogens is 318 g/mol. The van der Waals surface area contributed by atoms with Crippen molar-refractivity contribution in [3.63, 3.8) is 0 Å². The molecule has 8 heteroatoms. The van der Waals surface area contributed by atoms with E-state index in [1.165, 1.54) is 0 Å². The summed E-state index contributed by atoms with van der Waals surface area (Å²) in [4.78, 5) is 5.54. The molecule has 0 aliphatic rings. The average molecular weight is 335 g/mol. The fourth-order valence-corrected chi connectivity index (χ4v) is 3.48. The van der Waals surface area contributed by atoms with Crippen LogP contribution in [-0.2, 0) is 7.05 Å². The lowest BCUT2D eigenvalue weighted by atomic mass is 10.2. The Morgan fingerprint density at radius 3 is 2.73 bits per heavy atom. The molecule has 0 spiro atoms. The molecule has 3 heterocycles. The van der Waals surface area contributed by atoms with Crippen LogP contribution in [0.5, 0.6) is 0 Å². The van der Waals surface area contributed by atoms with Gasteiger partial charge >= 0.3 is 0 Å². The summed E-state index contributed by atoms with van der Waals surface area (Å²) >= 11 is 3.22. The fraction of sp³-hybridized carbons (Fsp3) is 0.429. The van der Waals surface area contributed by atoms with E-state index in [0.717, 1.165) is 21.7 Å². The van der Waals surface area contributed by atoms with Gasteiger partial charge in [0.2, 0.25) is 5.89 Å². The zero-order chi connectivity index (χ0) is 15.7. The molecule has 3 aromatic heterocycles. The van der Waals surface area contributed by atoms with E-state index in [1.54, 1.807) is 23.1 Å². The van der Waals surface area contributed by atoms with Crippen LogP contribution in [0.1, 0.15) is 43.7 Å². The van der Waals surface area contributed by atoms with E-state index in [1.807, 2.05) is 49.9 Å². The number of hydrogen-bond acceptors (Lipinski definition) is 7. The van der Waals surface area contributed by atoms with Gasteiger partial charge in [-0.05, 0) is 18.4 Å². The Kier molecular flexibility index (Phi) is 4.30. The number of hydrogen-bond donors (Lipinski definition) is 0. The van der Waals surface area contributed by atoms with Gasteiger partial charge in [-0.15, -0.1) is 21.5 Å². The van der Waals surface area contributed by atoms with Crippen molar-refractivity contribution in [2.45, 2.75) is 37.1 Å². The molecule has 0 aliphatic carbocycles. The molecule has 0 bridgehead atoms. The van der Waals surface area contributed by atoms with Crippen molar-refractivity contribution < 1.29 is 4.52 Å². The normalized spacial score (nSPS) is 13.0. The molecule has 0 aromatic carbocycles. The van der Waals surface area contributed by atoms with Crippen LogP contribution in [0.25, 0.3) is 10.7 Å². The second kappa shape index (κ2) is 6.21. The first-order valence-corrected chi connectivity index (χ1v) is 8.75. The molecule has 0 radical (unpaired) electrons. The predicted octanol–water partition coefficient (Wildman–Crippen LogP) is 3.90. The van der Waals surface area contributed by atoms with Gasteiger partial charge in [0.15, 0.2) is 16.8 Å². The van der Waals surface area contributed by atoms with Gasteiger partial charge in [-0.2, -0.15) is 4.98 Å². The van der Waals surface area contributed by atoms with Gasteiger partial charge in [-0.3, -0.25) is 0 Å². The van der Waals surface area contributed by atoms with E-state index in [-0.39, 0.29) is 11.2 Å². The van der Waals surface area contributed by atoms with Gasteiger partial charge in [0, 0.05) is 13.0 Å². The summed E-state index contributed by atoms with van der Waals surface area (Å²) in [6.07, 6.45) is 0. The average Bonchev–Trinajstić information content (AvgIpc) is 3.19. The topological polar surface area (TPSA) is 69.6 Å². The van der Waals surface area contributed by atoms with E-state index < -0.39 is 0 Å². The smallest absolute Gasteiger partial charge is 0.239 e. The number of thioether (sulfide) groups is 1. The Balaban J connectivity index is 1.78. The second-order valence-corrected chi connectivity index (χ2v) is 7.50. The van der Waals surface area contributed by atoms with Gasteiger partial charge in [0.25, 0.3) is 0 Å².